The van der Waals surface area contributed by atoms with Crippen LogP contribution in [0.1, 0.15) is 85.0 Å². The van der Waals surface area contributed by atoms with E-state index in [0.29, 0.717) is 48.4 Å². The van der Waals surface area contributed by atoms with Crippen molar-refractivity contribution in [3.8, 4) is 0 Å². The minimum atomic E-state index is 0.263. The van der Waals surface area contributed by atoms with Crippen molar-refractivity contribution in [1.82, 2.24) is 24.5 Å². The van der Waals surface area contributed by atoms with E-state index in [2.05, 4.69) is 45.3 Å². The number of hydrogen-bond donors (Lipinski definition) is 0. The van der Waals surface area contributed by atoms with Crippen LogP contribution in [0, 0.1) is 11.3 Å². The molecule has 0 radical (unpaired) electrons. The molecule has 5 rings (SSSR count). The van der Waals surface area contributed by atoms with Crippen LogP contribution in [0.2, 0.25) is 0 Å². The lowest BCUT2D eigenvalue weighted by Crippen LogP contribution is -2.63. The lowest BCUT2D eigenvalue weighted by atomic mass is 9.71. The number of hydrogen-bond acceptors (Lipinski definition) is 6. The third-order valence-corrected chi connectivity index (χ3v) is 10.6. The van der Waals surface area contributed by atoms with Crippen molar-refractivity contribution in [1.29, 1.82) is 0 Å². The van der Waals surface area contributed by atoms with Crippen LogP contribution in [0.15, 0.2) is 0 Å². The van der Waals surface area contributed by atoms with Gasteiger partial charge >= 0.3 is 0 Å². The van der Waals surface area contributed by atoms with E-state index in [0.717, 1.165) is 65.2 Å². The Morgan fingerprint density at radius 3 is 2.05 bits per heavy atom. The van der Waals surface area contributed by atoms with E-state index < -0.39 is 0 Å². The molecule has 0 aromatic heterocycles. The normalized spacial score (nSPS) is 28.1. The van der Waals surface area contributed by atoms with Gasteiger partial charge < -0.3 is 19.4 Å². The largest absolute Gasteiger partial charge is 0.375 e. The number of carbonyl (C=O) groups excluding carboxylic acids is 2. The number of likely N-dealkylation sites (tertiary alicyclic amines) is 5. The molecule has 0 aliphatic carbocycles. The zero-order valence-corrected chi connectivity index (χ0v) is 25.8. The van der Waals surface area contributed by atoms with Crippen LogP contribution in [0.25, 0.3) is 0 Å². The molecule has 5 saturated heterocycles. The summed E-state index contributed by atoms with van der Waals surface area (Å²) in [6, 6.07) is 0.592. The number of ether oxygens (including phenoxy) is 1. The standard InChI is InChI=1S/C32H57N5O3/c1-26(2)40-29-9-16-36(17-10-29)30(38)23-34-15-7-8-28(21-34)20-27(3)35-18-11-32(12-19-35)24-37(25-32)31(39)22-33-13-5-4-6-14-33/h26-29H,4-25H2,1-3H3. The first-order chi connectivity index (χ1) is 19.3. The van der Waals surface area contributed by atoms with E-state index in [1.165, 1.54) is 64.5 Å². The van der Waals surface area contributed by atoms with E-state index >= 15 is 0 Å². The fraction of sp³-hybridized carbons (Fsp3) is 0.938. The third kappa shape index (κ3) is 7.99. The molecule has 0 N–H and O–H groups in total. The Morgan fingerprint density at radius 1 is 0.750 bits per heavy atom. The predicted molar refractivity (Wildman–Crippen MR) is 159 cm³/mol. The highest BCUT2D eigenvalue weighted by Crippen LogP contribution is 2.41. The lowest BCUT2D eigenvalue weighted by molar-refractivity contribution is -0.148. The van der Waals surface area contributed by atoms with E-state index in [1.807, 2.05) is 0 Å². The predicted octanol–water partition coefficient (Wildman–Crippen LogP) is 3.30. The van der Waals surface area contributed by atoms with Gasteiger partial charge in [-0.15, -0.1) is 0 Å². The molecule has 5 fully saturated rings. The number of piperidine rings is 4. The highest BCUT2D eigenvalue weighted by molar-refractivity contribution is 5.79. The van der Waals surface area contributed by atoms with Crippen LogP contribution in [0.3, 0.4) is 0 Å². The van der Waals surface area contributed by atoms with Crippen molar-refractivity contribution in [2.45, 2.75) is 103 Å². The first-order valence-electron chi connectivity index (χ1n) is 16.7. The maximum Gasteiger partial charge on any atom is 0.236 e. The van der Waals surface area contributed by atoms with Gasteiger partial charge in [0.2, 0.25) is 11.8 Å². The van der Waals surface area contributed by atoms with Gasteiger partial charge in [0.15, 0.2) is 0 Å². The van der Waals surface area contributed by atoms with Gasteiger partial charge in [-0.1, -0.05) is 6.42 Å². The highest BCUT2D eigenvalue weighted by Gasteiger charge is 2.47. The molecule has 0 aromatic rings. The highest BCUT2D eigenvalue weighted by atomic mass is 16.5. The molecular formula is C32H57N5O3. The van der Waals surface area contributed by atoms with Crippen LogP contribution < -0.4 is 0 Å². The third-order valence-electron chi connectivity index (χ3n) is 10.6. The SMILES string of the molecule is CC(C)OC1CCN(C(=O)CN2CCCC(CC(C)N3CCC4(CC3)CN(C(=O)CN3CCCCC3)C4)C2)CC1. The summed E-state index contributed by atoms with van der Waals surface area (Å²) < 4.78 is 5.96. The summed E-state index contributed by atoms with van der Waals surface area (Å²) in [6.07, 6.45) is 12.5. The second-order valence-electron chi connectivity index (χ2n) is 14.2. The Bertz CT molecular complexity index is 822. The maximum atomic E-state index is 13.0. The fourth-order valence-electron chi connectivity index (χ4n) is 8.14. The number of carbonyl (C=O) groups is 2. The van der Waals surface area contributed by atoms with Gasteiger partial charge in [0.1, 0.15) is 0 Å². The van der Waals surface area contributed by atoms with E-state index in [-0.39, 0.29) is 6.10 Å². The monoisotopic (exact) mass is 559 g/mol. The Labute approximate surface area is 243 Å². The smallest absolute Gasteiger partial charge is 0.236 e. The molecule has 0 aromatic carbocycles. The van der Waals surface area contributed by atoms with Crippen LogP contribution >= 0.6 is 0 Å². The second kappa shape index (κ2) is 13.8. The summed E-state index contributed by atoms with van der Waals surface area (Å²) >= 11 is 0. The van der Waals surface area contributed by atoms with Crippen LogP contribution in [0.4, 0.5) is 0 Å². The Balaban J connectivity index is 0.983. The van der Waals surface area contributed by atoms with Crippen LogP contribution in [-0.2, 0) is 14.3 Å². The number of amides is 2. The molecule has 8 nitrogen and oxygen atoms in total. The Hall–Kier alpha value is -1.22. The van der Waals surface area contributed by atoms with Gasteiger partial charge in [0.05, 0.1) is 25.3 Å². The average molecular weight is 560 g/mol. The summed E-state index contributed by atoms with van der Waals surface area (Å²) in [7, 11) is 0. The molecule has 8 heteroatoms. The summed E-state index contributed by atoms with van der Waals surface area (Å²) in [6.45, 7) is 18.1. The lowest BCUT2D eigenvalue weighted by Gasteiger charge is -2.55. The number of rotatable bonds is 9. The van der Waals surface area contributed by atoms with Gasteiger partial charge in [-0.2, -0.15) is 0 Å². The van der Waals surface area contributed by atoms with Gasteiger partial charge in [0.25, 0.3) is 0 Å². The molecule has 5 heterocycles. The van der Waals surface area contributed by atoms with Crippen molar-refractivity contribution < 1.29 is 14.3 Å². The topological polar surface area (TPSA) is 59.6 Å². The summed E-state index contributed by atoms with van der Waals surface area (Å²) in [5, 5.41) is 0. The molecule has 5 aliphatic rings. The summed E-state index contributed by atoms with van der Waals surface area (Å²) in [5.74, 6) is 1.35. The van der Waals surface area contributed by atoms with E-state index in [9.17, 15) is 9.59 Å². The molecule has 0 saturated carbocycles. The quantitative estimate of drug-likeness (QED) is 0.432. The Kier molecular flexibility index (Phi) is 10.5. The molecule has 228 valence electrons. The summed E-state index contributed by atoms with van der Waals surface area (Å²) in [4.78, 5) is 37.5. The Morgan fingerprint density at radius 2 is 1.38 bits per heavy atom. The van der Waals surface area contributed by atoms with Gasteiger partial charge in [-0.25, -0.2) is 0 Å². The number of nitrogens with zero attached hydrogens (tertiary/aromatic N) is 5. The summed E-state index contributed by atoms with van der Waals surface area (Å²) in [5.41, 5.74) is 0.380. The van der Waals surface area contributed by atoms with E-state index in [4.69, 9.17) is 4.74 Å². The molecule has 5 aliphatic heterocycles. The maximum absolute atomic E-state index is 13.0. The van der Waals surface area contributed by atoms with Gasteiger partial charge in [-0.3, -0.25) is 19.4 Å². The zero-order chi connectivity index (χ0) is 28.1. The first-order valence-corrected chi connectivity index (χ1v) is 16.7. The minimum Gasteiger partial charge on any atom is -0.375 e. The minimum absolute atomic E-state index is 0.263. The van der Waals surface area contributed by atoms with Gasteiger partial charge in [0, 0.05) is 44.2 Å². The molecule has 1 spiro atoms. The van der Waals surface area contributed by atoms with E-state index in [1.54, 1.807) is 0 Å². The molecular weight excluding hydrogens is 502 g/mol. The van der Waals surface area contributed by atoms with Crippen molar-refractivity contribution in [2.75, 3.05) is 78.5 Å². The van der Waals surface area contributed by atoms with Crippen molar-refractivity contribution >= 4 is 11.8 Å². The second-order valence-corrected chi connectivity index (χ2v) is 14.2. The van der Waals surface area contributed by atoms with Crippen LogP contribution in [-0.4, -0.2) is 133 Å². The van der Waals surface area contributed by atoms with Gasteiger partial charge in [-0.05, 0) is 117 Å². The fourth-order valence-corrected chi connectivity index (χ4v) is 8.14. The first kappa shape index (κ1) is 30.2. The molecule has 2 atom stereocenters. The van der Waals surface area contributed by atoms with Crippen molar-refractivity contribution in [3.05, 3.63) is 0 Å². The molecule has 40 heavy (non-hydrogen) atoms. The molecule has 2 amide bonds. The van der Waals surface area contributed by atoms with Crippen molar-refractivity contribution in [2.24, 2.45) is 11.3 Å². The molecule has 0 bridgehead atoms. The van der Waals surface area contributed by atoms with Crippen molar-refractivity contribution in [3.63, 3.8) is 0 Å². The average Bonchev–Trinajstić information content (AvgIpc) is 2.92. The van der Waals surface area contributed by atoms with Crippen LogP contribution in [0.5, 0.6) is 0 Å². The molecule has 2 unspecified atom stereocenters. The zero-order valence-electron chi connectivity index (χ0n) is 25.8.